The Labute approximate surface area is 117 Å². The van der Waals surface area contributed by atoms with Crippen molar-refractivity contribution in [2.75, 3.05) is 12.0 Å². The SMILES string of the molecule is Cc1cccc(C(N)CCCS(C)(=O)=O)c1I. The molecule has 0 amide bonds. The van der Waals surface area contributed by atoms with Crippen molar-refractivity contribution in [1.29, 1.82) is 0 Å². The summed E-state index contributed by atoms with van der Waals surface area (Å²) >= 11 is 2.29. The predicted molar refractivity (Wildman–Crippen MR) is 79.8 cm³/mol. The molecule has 0 aliphatic heterocycles. The van der Waals surface area contributed by atoms with E-state index in [2.05, 4.69) is 35.6 Å². The third kappa shape index (κ3) is 4.93. The molecule has 0 aliphatic carbocycles. The molecule has 1 aromatic carbocycles. The van der Waals surface area contributed by atoms with Crippen molar-refractivity contribution in [3.8, 4) is 0 Å². The first-order valence-electron chi connectivity index (χ1n) is 5.49. The van der Waals surface area contributed by atoms with E-state index in [-0.39, 0.29) is 11.8 Å². The highest BCUT2D eigenvalue weighted by Crippen LogP contribution is 2.24. The van der Waals surface area contributed by atoms with Gasteiger partial charge in [0.1, 0.15) is 9.84 Å². The summed E-state index contributed by atoms with van der Waals surface area (Å²) in [5, 5.41) is 0. The van der Waals surface area contributed by atoms with Crippen molar-refractivity contribution in [3.63, 3.8) is 0 Å². The van der Waals surface area contributed by atoms with Crippen LogP contribution in [0.15, 0.2) is 18.2 Å². The van der Waals surface area contributed by atoms with Crippen LogP contribution in [-0.2, 0) is 9.84 Å². The summed E-state index contributed by atoms with van der Waals surface area (Å²) in [6, 6.07) is 5.97. The van der Waals surface area contributed by atoms with Crippen molar-refractivity contribution in [1.82, 2.24) is 0 Å². The lowest BCUT2D eigenvalue weighted by atomic mass is 10.0. The zero-order valence-corrected chi connectivity index (χ0v) is 13.1. The summed E-state index contributed by atoms with van der Waals surface area (Å²) in [6.45, 7) is 2.05. The summed E-state index contributed by atoms with van der Waals surface area (Å²) in [4.78, 5) is 0. The lowest BCUT2D eigenvalue weighted by molar-refractivity contribution is 0.587. The monoisotopic (exact) mass is 367 g/mol. The first-order chi connectivity index (χ1) is 7.81. The number of nitrogens with two attached hydrogens (primary N) is 1. The molecule has 5 heteroatoms. The van der Waals surface area contributed by atoms with Crippen molar-refractivity contribution in [2.24, 2.45) is 5.73 Å². The molecule has 0 fully saturated rings. The Bertz CT molecular complexity index is 485. The van der Waals surface area contributed by atoms with Gasteiger partial charge in [-0.2, -0.15) is 0 Å². The van der Waals surface area contributed by atoms with Gasteiger partial charge < -0.3 is 5.73 Å². The van der Waals surface area contributed by atoms with Crippen LogP contribution in [-0.4, -0.2) is 20.4 Å². The fraction of sp³-hybridized carbons (Fsp3) is 0.500. The Balaban J connectivity index is 2.64. The molecule has 17 heavy (non-hydrogen) atoms. The average molecular weight is 367 g/mol. The molecule has 1 atom stereocenters. The lowest BCUT2D eigenvalue weighted by Gasteiger charge is -2.14. The summed E-state index contributed by atoms with van der Waals surface area (Å²) in [5.41, 5.74) is 8.41. The Hall–Kier alpha value is -0.140. The first-order valence-corrected chi connectivity index (χ1v) is 8.63. The largest absolute Gasteiger partial charge is 0.324 e. The Morgan fingerprint density at radius 3 is 2.65 bits per heavy atom. The van der Waals surface area contributed by atoms with Gasteiger partial charge in [-0.3, -0.25) is 0 Å². The first kappa shape index (κ1) is 14.9. The maximum absolute atomic E-state index is 11.0. The second kappa shape index (κ2) is 6.15. The third-order valence-corrected chi connectivity index (χ3v) is 5.16. The Morgan fingerprint density at radius 1 is 1.41 bits per heavy atom. The summed E-state index contributed by atoms with van der Waals surface area (Å²) < 4.78 is 23.2. The molecule has 0 saturated heterocycles. The van der Waals surface area contributed by atoms with Crippen LogP contribution < -0.4 is 5.73 Å². The van der Waals surface area contributed by atoms with Crippen LogP contribution in [0.5, 0.6) is 0 Å². The number of sulfone groups is 1. The minimum Gasteiger partial charge on any atom is -0.324 e. The molecule has 3 nitrogen and oxygen atoms in total. The van der Waals surface area contributed by atoms with Gasteiger partial charge in [0.2, 0.25) is 0 Å². The van der Waals surface area contributed by atoms with E-state index < -0.39 is 9.84 Å². The minimum atomic E-state index is -2.88. The molecule has 0 bridgehead atoms. The quantitative estimate of drug-likeness (QED) is 0.814. The number of hydrogen-bond donors (Lipinski definition) is 1. The van der Waals surface area contributed by atoms with Gasteiger partial charge in [0.05, 0.1) is 0 Å². The molecular formula is C12H18INO2S. The van der Waals surface area contributed by atoms with Crippen LogP contribution in [0.25, 0.3) is 0 Å². The Morgan fingerprint density at radius 2 is 2.06 bits per heavy atom. The standard InChI is InChI=1S/C12H18INO2S/c1-9-5-3-6-10(12(9)13)11(14)7-4-8-17(2,15)16/h3,5-6,11H,4,7-8,14H2,1-2H3. The molecule has 0 spiro atoms. The van der Waals surface area contributed by atoms with Crippen molar-refractivity contribution in [3.05, 3.63) is 32.9 Å². The van der Waals surface area contributed by atoms with Crippen LogP contribution in [0.4, 0.5) is 0 Å². The normalized spacial score (nSPS) is 13.6. The molecule has 96 valence electrons. The van der Waals surface area contributed by atoms with Crippen LogP contribution in [0.1, 0.15) is 30.0 Å². The number of halogens is 1. The highest BCUT2D eigenvalue weighted by atomic mass is 127. The average Bonchev–Trinajstić information content (AvgIpc) is 2.20. The molecule has 1 rings (SSSR count). The van der Waals surface area contributed by atoms with Crippen LogP contribution in [0.2, 0.25) is 0 Å². The minimum absolute atomic E-state index is 0.0800. The highest BCUT2D eigenvalue weighted by Gasteiger charge is 2.12. The number of hydrogen-bond acceptors (Lipinski definition) is 3. The Kier molecular flexibility index (Phi) is 5.40. The molecule has 0 radical (unpaired) electrons. The molecule has 2 N–H and O–H groups in total. The molecule has 1 aromatic rings. The van der Waals surface area contributed by atoms with Crippen LogP contribution >= 0.6 is 22.6 Å². The topological polar surface area (TPSA) is 60.2 Å². The number of rotatable bonds is 5. The van der Waals surface area contributed by atoms with Gasteiger partial charge in [0.15, 0.2) is 0 Å². The van der Waals surface area contributed by atoms with Crippen molar-refractivity contribution in [2.45, 2.75) is 25.8 Å². The second-order valence-electron chi connectivity index (χ2n) is 4.36. The van der Waals surface area contributed by atoms with E-state index in [1.54, 1.807) is 0 Å². The van der Waals surface area contributed by atoms with E-state index in [0.717, 1.165) is 5.56 Å². The van der Waals surface area contributed by atoms with Gasteiger partial charge in [0.25, 0.3) is 0 Å². The van der Waals surface area contributed by atoms with Gasteiger partial charge >= 0.3 is 0 Å². The van der Waals surface area contributed by atoms with Crippen molar-refractivity contribution < 1.29 is 8.42 Å². The fourth-order valence-corrected chi connectivity index (χ4v) is 3.13. The van der Waals surface area contributed by atoms with Crippen molar-refractivity contribution >= 4 is 32.4 Å². The summed E-state index contributed by atoms with van der Waals surface area (Å²) in [5.74, 6) is 0.211. The van der Waals surface area contributed by atoms with Crippen LogP contribution in [0.3, 0.4) is 0 Å². The lowest BCUT2D eigenvalue weighted by Crippen LogP contribution is -2.14. The zero-order chi connectivity index (χ0) is 13.1. The van der Waals surface area contributed by atoms with E-state index in [4.69, 9.17) is 5.73 Å². The molecule has 1 unspecified atom stereocenters. The fourth-order valence-electron chi connectivity index (χ4n) is 1.68. The van der Waals surface area contributed by atoms with Gasteiger partial charge in [-0.1, -0.05) is 18.2 Å². The maximum atomic E-state index is 11.0. The number of aryl methyl sites for hydroxylation is 1. The van der Waals surface area contributed by atoms with Gasteiger partial charge in [0, 0.05) is 21.6 Å². The second-order valence-corrected chi connectivity index (χ2v) is 7.70. The summed E-state index contributed by atoms with van der Waals surface area (Å²) in [7, 11) is -2.88. The molecule has 0 aromatic heterocycles. The van der Waals surface area contributed by atoms with E-state index in [1.807, 2.05) is 12.1 Å². The predicted octanol–water partition coefficient (Wildman–Crippen LogP) is 2.42. The zero-order valence-electron chi connectivity index (χ0n) is 10.1. The van der Waals surface area contributed by atoms with Gasteiger partial charge in [-0.05, 0) is 53.5 Å². The van der Waals surface area contributed by atoms with E-state index in [9.17, 15) is 8.42 Å². The summed E-state index contributed by atoms with van der Waals surface area (Å²) in [6.07, 6.45) is 2.57. The number of benzene rings is 1. The van der Waals surface area contributed by atoms with Gasteiger partial charge in [-0.15, -0.1) is 0 Å². The molecule has 0 saturated carbocycles. The molecule has 0 heterocycles. The van der Waals surface area contributed by atoms with E-state index >= 15 is 0 Å². The van der Waals surface area contributed by atoms with Gasteiger partial charge in [-0.25, -0.2) is 8.42 Å². The molecule has 0 aliphatic rings. The maximum Gasteiger partial charge on any atom is 0.147 e. The van der Waals surface area contributed by atoms with Crippen LogP contribution in [0, 0.1) is 10.5 Å². The highest BCUT2D eigenvalue weighted by molar-refractivity contribution is 14.1. The van der Waals surface area contributed by atoms with E-state index in [0.29, 0.717) is 12.8 Å². The third-order valence-electron chi connectivity index (χ3n) is 2.65. The smallest absolute Gasteiger partial charge is 0.147 e. The molecular weight excluding hydrogens is 349 g/mol. The van der Waals surface area contributed by atoms with E-state index in [1.165, 1.54) is 15.4 Å².